The fourth-order valence-corrected chi connectivity index (χ4v) is 4.33. The van der Waals surface area contributed by atoms with Crippen LogP contribution >= 0.6 is 0 Å². The summed E-state index contributed by atoms with van der Waals surface area (Å²) in [5.74, 6) is 0.696. The number of para-hydroxylation sites is 1. The molecular formula is C24H32N3O4+. The summed E-state index contributed by atoms with van der Waals surface area (Å²) in [6.45, 7) is 6.03. The Bertz CT molecular complexity index is 899. The third-order valence-corrected chi connectivity index (χ3v) is 6.18. The van der Waals surface area contributed by atoms with E-state index in [1.807, 2.05) is 11.0 Å². The normalized spacial score (nSPS) is 17.9. The first-order chi connectivity index (χ1) is 15.2. The summed E-state index contributed by atoms with van der Waals surface area (Å²) in [6, 6.07) is 11.9. The van der Waals surface area contributed by atoms with E-state index >= 15 is 0 Å². The van der Waals surface area contributed by atoms with Gasteiger partial charge in [-0.25, -0.2) is 0 Å². The van der Waals surface area contributed by atoms with Crippen molar-refractivity contribution in [2.75, 3.05) is 50.8 Å². The number of nitrogens with zero attached hydrogens (tertiary/aromatic N) is 2. The van der Waals surface area contributed by atoms with Crippen LogP contribution in [0.2, 0.25) is 0 Å². The Kier molecular flexibility index (Phi) is 7.25. The monoisotopic (exact) mass is 426 g/mol. The molecule has 7 nitrogen and oxygen atoms in total. The molecule has 0 atom stereocenters. The summed E-state index contributed by atoms with van der Waals surface area (Å²) in [5, 5.41) is 0. The molecule has 2 saturated heterocycles. The minimum absolute atomic E-state index is 0.0638. The van der Waals surface area contributed by atoms with Gasteiger partial charge in [0.15, 0.2) is 12.4 Å². The number of hydrogen-bond donors (Lipinski definition) is 1. The van der Waals surface area contributed by atoms with Crippen LogP contribution in [0.3, 0.4) is 0 Å². The number of carbonyl (C=O) groups is 1. The number of hydrogen-bond acceptors (Lipinski definition) is 5. The van der Waals surface area contributed by atoms with Crippen molar-refractivity contribution in [1.29, 1.82) is 0 Å². The van der Waals surface area contributed by atoms with Crippen LogP contribution in [0.1, 0.15) is 31.4 Å². The number of amides is 1. The predicted molar refractivity (Wildman–Crippen MR) is 119 cm³/mol. The molecule has 4 rings (SSSR count). The maximum absolute atomic E-state index is 12.4. The van der Waals surface area contributed by atoms with Crippen LogP contribution in [-0.2, 0) is 11.3 Å². The van der Waals surface area contributed by atoms with Crippen molar-refractivity contribution in [3.05, 3.63) is 58.6 Å². The van der Waals surface area contributed by atoms with E-state index in [1.165, 1.54) is 35.8 Å². The Balaban J connectivity index is 1.26. The molecule has 2 aliphatic rings. The van der Waals surface area contributed by atoms with Crippen LogP contribution in [0.15, 0.2) is 51.9 Å². The van der Waals surface area contributed by atoms with E-state index in [4.69, 9.17) is 9.15 Å². The molecule has 0 aliphatic carbocycles. The second-order valence-electron chi connectivity index (χ2n) is 8.41. The molecule has 2 aliphatic heterocycles. The van der Waals surface area contributed by atoms with Crippen LogP contribution in [0.4, 0.5) is 5.69 Å². The number of piperazine rings is 1. The van der Waals surface area contributed by atoms with E-state index in [9.17, 15) is 9.59 Å². The van der Waals surface area contributed by atoms with Gasteiger partial charge in [-0.2, -0.15) is 0 Å². The number of quaternary nitrogens is 1. The molecule has 2 aromatic rings. The molecule has 2 fully saturated rings. The largest absolute Gasteiger partial charge is 0.477 e. The Morgan fingerprint density at radius 1 is 1.00 bits per heavy atom. The summed E-state index contributed by atoms with van der Waals surface area (Å²) in [5.41, 5.74) is 1.02. The standard InChI is InChI=1S/C24H31N3O4/c28-22-16-21(17-25-12-14-26(15-13-25)20-8-4-3-5-9-20)30-18-23(22)31-19-24(29)27-10-6-1-2-7-11-27/h3-5,8-9,16,18H,1-2,6-7,10-15,17,19H2/p+1. The fourth-order valence-electron chi connectivity index (χ4n) is 4.33. The van der Waals surface area contributed by atoms with E-state index in [-0.39, 0.29) is 23.7 Å². The lowest BCUT2D eigenvalue weighted by molar-refractivity contribution is -0.915. The number of ether oxygens (including phenoxy) is 1. The summed E-state index contributed by atoms with van der Waals surface area (Å²) in [7, 11) is 0. The smallest absolute Gasteiger partial charge is 0.260 e. The highest BCUT2D eigenvalue weighted by Crippen LogP contribution is 2.13. The lowest BCUT2D eigenvalue weighted by Crippen LogP contribution is -3.13. The zero-order chi connectivity index (χ0) is 21.5. The first kappa shape index (κ1) is 21.4. The highest BCUT2D eigenvalue weighted by atomic mass is 16.5. The van der Waals surface area contributed by atoms with Crippen LogP contribution in [0.5, 0.6) is 5.75 Å². The van der Waals surface area contributed by atoms with Gasteiger partial charge < -0.3 is 23.9 Å². The van der Waals surface area contributed by atoms with Gasteiger partial charge in [0.25, 0.3) is 5.91 Å². The molecule has 1 amide bonds. The molecule has 0 spiro atoms. The third kappa shape index (κ3) is 5.88. The van der Waals surface area contributed by atoms with Crippen molar-refractivity contribution in [2.24, 2.45) is 0 Å². The van der Waals surface area contributed by atoms with Crippen LogP contribution in [0, 0.1) is 0 Å². The zero-order valence-corrected chi connectivity index (χ0v) is 18.1. The molecule has 1 aromatic carbocycles. The van der Waals surface area contributed by atoms with Gasteiger partial charge in [-0.3, -0.25) is 9.59 Å². The molecule has 166 valence electrons. The molecule has 0 saturated carbocycles. The zero-order valence-electron chi connectivity index (χ0n) is 18.1. The van der Waals surface area contributed by atoms with Gasteiger partial charge >= 0.3 is 0 Å². The number of nitrogens with one attached hydrogen (secondary N) is 1. The maximum Gasteiger partial charge on any atom is 0.260 e. The predicted octanol–water partition coefficient (Wildman–Crippen LogP) is 1.33. The molecule has 0 unspecified atom stereocenters. The Labute approximate surface area is 183 Å². The van der Waals surface area contributed by atoms with Gasteiger partial charge in [-0.15, -0.1) is 0 Å². The highest BCUT2D eigenvalue weighted by Gasteiger charge is 2.22. The number of likely N-dealkylation sites (tertiary alicyclic amines) is 1. The van der Waals surface area contributed by atoms with E-state index in [2.05, 4.69) is 29.2 Å². The molecule has 1 N–H and O–H groups in total. The minimum Gasteiger partial charge on any atom is -0.477 e. The highest BCUT2D eigenvalue weighted by molar-refractivity contribution is 5.77. The third-order valence-electron chi connectivity index (χ3n) is 6.18. The van der Waals surface area contributed by atoms with E-state index in [0.717, 1.165) is 52.1 Å². The van der Waals surface area contributed by atoms with Gasteiger partial charge in [0.05, 0.1) is 26.2 Å². The lowest BCUT2D eigenvalue weighted by atomic mass is 10.2. The van der Waals surface area contributed by atoms with E-state index < -0.39 is 0 Å². The number of benzene rings is 1. The second-order valence-corrected chi connectivity index (χ2v) is 8.41. The van der Waals surface area contributed by atoms with Gasteiger partial charge in [0.2, 0.25) is 11.2 Å². The Morgan fingerprint density at radius 2 is 1.71 bits per heavy atom. The molecule has 0 bridgehead atoms. The van der Waals surface area contributed by atoms with E-state index in [0.29, 0.717) is 12.3 Å². The molecule has 0 radical (unpaired) electrons. The SMILES string of the molecule is O=C(COc1coc(C[NH+]2CCN(c3ccccc3)CC2)cc1=O)N1CCCCCC1. The van der Waals surface area contributed by atoms with Crippen LogP contribution in [0.25, 0.3) is 0 Å². The number of anilines is 1. The average Bonchev–Trinajstić information content (AvgIpc) is 3.09. The van der Waals surface area contributed by atoms with Gasteiger partial charge in [0.1, 0.15) is 12.8 Å². The quantitative estimate of drug-likeness (QED) is 0.755. The van der Waals surface area contributed by atoms with Crippen LogP contribution in [-0.4, -0.2) is 56.7 Å². The fraction of sp³-hybridized carbons (Fsp3) is 0.500. The summed E-state index contributed by atoms with van der Waals surface area (Å²) < 4.78 is 11.2. The average molecular weight is 427 g/mol. The molecular weight excluding hydrogens is 394 g/mol. The molecule has 31 heavy (non-hydrogen) atoms. The second kappa shape index (κ2) is 10.5. The summed E-state index contributed by atoms with van der Waals surface area (Å²) >= 11 is 0. The first-order valence-corrected chi connectivity index (χ1v) is 11.3. The maximum atomic E-state index is 12.4. The topological polar surface area (TPSA) is 67.4 Å². The molecule has 7 heteroatoms. The van der Waals surface area contributed by atoms with Crippen molar-refractivity contribution in [2.45, 2.75) is 32.2 Å². The molecule has 3 heterocycles. The number of rotatable bonds is 6. The van der Waals surface area contributed by atoms with Gasteiger partial charge in [-0.1, -0.05) is 31.0 Å². The summed E-state index contributed by atoms with van der Waals surface area (Å²) in [6.07, 6.45) is 5.75. The van der Waals surface area contributed by atoms with Crippen LogP contribution < -0.4 is 20.0 Å². The summed E-state index contributed by atoms with van der Waals surface area (Å²) in [4.78, 5) is 30.4. The Morgan fingerprint density at radius 3 is 2.39 bits per heavy atom. The van der Waals surface area contributed by atoms with Crippen molar-refractivity contribution in [1.82, 2.24) is 4.90 Å². The van der Waals surface area contributed by atoms with Crippen molar-refractivity contribution >= 4 is 11.6 Å². The van der Waals surface area contributed by atoms with Gasteiger partial charge in [-0.05, 0) is 25.0 Å². The number of carbonyl (C=O) groups excluding carboxylic acids is 1. The van der Waals surface area contributed by atoms with E-state index in [1.54, 1.807) is 0 Å². The van der Waals surface area contributed by atoms with Gasteiger partial charge in [0, 0.05) is 24.8 Å². The first-order valence-electron chi connectivity index (χ1n) is 11.3. The Hall–Kier alpha value is -2.80. The van der Waals surface area contributed by atoms with Crippen molar-refractivity contribution in [3.8, 4) is 5.75 Å². The molecule has 1 aromatic heterocycles. The minimum atomic E-state index is -0.229. The van der Waals surface area contributed by atoms with Crippen molar-refractivity contribution < 1.29 is 18.8 Å². The lowest BCUT2D eigenvalue weighted by Gasteiger charge is -2.33. The van der Waals surface area contributed by atoms with Crippen molar-refractivity contribution in [3.63, 3.8) is 0 Å².